The van der Waals surface area contributed by atoms with Gasteiger partial charge in [-0.3, -0.25) is 0 Å². The van der Waals surface area contributed by atoms with Crippen molar-refractivity contribution in [2.24, 2.45) is 11.3 Å². The second kappa shape index (κ2) is 3.88. The topological polar surface area (TPSA) is 56.0 Å². The Morgan fingerprint density at radius 3 is 2.50 bits per heavy atom. The molecule has 1 rings (SSSR count). The second-order valence-corrected chi connectivity index (χ2v) is 4.93. The molecule has 2 N–H and O–H groups in total. The molecule has 0 aromatic heterocycles. The van der Waals surface area contributed by atoms with E-state index in [0.717, 1.165) is 25.9 Å². The van der Waals surface area contributed by atoms with Crippen molar-refractivity contribution in [1.82, 2.24) is 5.32 Å². The van der Waals surface area contributed by atoms with E-state index in [-0.39, 0.29) is 5.92 Å². The number of nitrogens with one attached hydrogen (secondary N) is 1. The van der Waals surface area contributed by atoms with Crippen molar-refractivity contribution in [3.8, 4) is 6.07 Å². The van der Waals surface area contributed by atoms with Gasteiger partial charge in [0.25, 0.3) is 0 Å². The van der Waals surface area contributed by atoms with Crippen LogP contribution in [0, 0.1) is 22.7 Å². The Balaban J connectivity index is 2.78. The number of hydrogen-bond acceptors (Lipinski definition) is 3. The third kappa shape index (κ3) is 1.92. The molecule has 80 valence electrons. The normalized spacial score (nSPS) is 27.8. The van der Waals surface area contributed by atoms with Gasteiger partial charge < -0.3 is 10.4 Å². The molecule has 14 heavy (non-hydrogen) atoms. The molecule has 1 fully saturated rings. The van der Waals surface area contributed by atoms with Crippen LogP contribution < -0.4 is 5.32 Å². The minimum Gasteiger partial charge on any atom is -0.388 e. The fourth-order valence-electron chi connectivity index (χ4n) is 1.96. The summed E-state index contributed by atoms with van der Waals surface area (Å²) in [6.45, 7) is 7.24. The molecule has 0 aliphatic carbocycles. The molecule has 1 heterocycles. The SMILES string of the molecule is CC(C)(C#N)C(C)(O)C1CCCNC1. The number of aliphatic hydroxyl groups is 1. The van der Waals surface area contributed by atoms with E-state index in [1.54, 1.807) is 6.92 Å². The molecule has 0 bridgehead atoms. The molecular formula is C11H20N2O. The van der Waals surface area contributed by atoms with Crippen molar-refractivity contribution in [2.75, 3.05) is 13.1 Å². The Morgan fingerprint density at radius 2 is 2.07 bits per heavy atom. The molecule has 1 aliphatic rings. The van der Waals surface area contributed by atoms with Crippen LogP contribution in [0.1, 0.15) is 33.6 Å². The van der Waals surface area contributed by atoms with Crippen molar-refractivity contribution < 1.29 is 5.11 Å². The Kier molecular flexibility index (Phi) is 3.18. The van der Waals surface area contributed by atoms with Crippen LogP contribution in [0.2, 0.25) is 0 Å². The first kappa shape index (κ1) is 11.5. The lowest BCUT2D eigenvalue weighted by atomic mass is 9.68. The van der Waals surface area contributed by atoms with E-state index >= 15 is 0 Å². The maximum absolute atomic E-state index is 10.4. The van der Waals surface area contributed by atoms with Crippen LogP contribution in [-0.4, -0.2) is 23.8 Å². The van der Waals surface area contributed by atoms with Crippen molar-refractivity contribution >= 4 is 0 Å². The van der Waals surface area contributed by atoms with Gasteiger partial charge in [0.1, 0.15) is 0 Å². The average Bonchev–Trinajstić information content (AvgIpc) is 2.19. The molecule has 2 atom stereocenters. The molecule has 0 radical (unpaired) electrons. The molecular weight excluding hydrogens is 176 g/mol. The summed E-state index contributed by atoms with van der Waals surface area (Å²) in [5.74, 6) is 0.186. The number of nitrogens with zero attached hydrogens (tertiary/aromatic N) is 1. The summed E-state index contributed by atoms with van der Waals surface area (Å²) in [5.41, 5.74) is -1.59. The highest BCUT2D eigenvalue weighted by Crippen LogP contribution is 2.38. The molecule has 2 unspecified atom stereocenters. The highest BCUT2D eigenvalue weighted by atomic mass is 16.3. The molecule has 0 amide bonds. The Bertz CT molecular complexity index is 234. The van der Waals surface area contributed by atoms with Gasteiger partial charge in [0, 0.05) is 12.5 Å². The van der Waals surface area contributed by atoms with Gasteiger partial charge in [-0.1, -0.05) is 0 Å². The summed E-state index contributed by atoms with van der Waals surface area (Å²) < 4.78 is 0. The first-order valence-corrected chi connectivity index (χ1v) is 5.26. The lowest BCUT2D eigenvalue weighted by Gasteiger charge is -2.43. The largest absolute Gasteiger partial charge is 0.388 e. The van der Waals surface area contributed by atoms with Gasteiger partial charge in [-0.25, -0.2) is 0 Å². The Hall–Kier alpha value is -0.590. The molecule has 0 aromatic carbocycles. The minimum atomic E-state index is -0.908. The van der Waals surface area contributed by atoms with Crippen LogP contribution in [0.25, 0.3) is 0 Å². The van der Waals surface area contributed by atoms with E-state index in [2.05, 4.69) is 11.4 Å². The summed E-state index contributed by atoms with van der Waals surface area (Å²) in [4.78, 5) is 0. The monoisotopic (exact) mass is 196 g/mol. The van der Waals surface area contributed by atoms with Gasteiger partial charge >= 0.3 is 0 Å². The fourth-order valence-corrected chi connectivity index (χ4v) is 1.96. The van der Waals surface area contributed by atoms with Crippen LogP contribution in [0.5, 0.6) is 0 Å². The molecule has 0 aromatic rings. The van der Waals surface area contributed by atoms with Crippen molar-refractivity contribution in [2.45, 2.75) is 39.2 Å². The van der Waals surface area contributed by atoms with Gasteiger partial charge in [-0.2, -0.15) is 5.26 Å². The zero-order valence-electron chi connectivity index (χ0n) is 9.30. The van der Waals surface area contributed by atoms with Crippen molar-refractivity contribution in [1.29, 1.82) is 5.26 Å². The smallest absolute Gasteiger partial charge is 0.0839 e. The van der Waals surface area contributed by atoms with E-state index in [0.29, 0.717) is 0 Å². The standard InChI is InChI=1S/C11H20N2O/c1-10(2,8-12)11(3,14)9-5-4-6-13-7-9/h9,13-14H,4-7H2,1-3H3. The van der Waals surface area contributed by atoms with E-state index in [1.165, 1.54) is 0 Å². The number of nitriles is 1. The molecule has 0 saturated carbocycles. The van der Waals surface area contributed by atoms with Crippen LogP contribution >= 0.6 is 0 Å². The summed E-state index contributed by atoms with van der Waals surface area (Å²) in [6, 6.07) is 2.20. The first-order chi connectivity index (χ1) is 6.42. The zero-order valence-corrected chi connectivity index (χ0v) is 9.30. The third-order valence-electron chi connectivity index (χ3n) is 3.64. The number of piperidine rings is 1. The van der Waals surface area contributed by atoms with Gasteiger partial charge in [-0.05, 0) is 40.2 Å². The van der Waals surface area contributed by atoms with Crippen molar-refractivity contribution in [3.05, 3.63) is 0 Å². The van der Waals surface area contributed by atoms with Crippen LogP contribution in [0.3, 0.4) is 0 Å². The van der Waals surface area contributed by atoms with Gasteiger partial charge in [0.15, 0.2) is 0 Å². The molecule has 1 aliphatic heterocycles. The Morgan fingerprint density at radius 1 is 1.43 bits per heavy atom. The summed E-state index contributed by atoms with van der Waals surface area (Å²) in [5, 5.41) is 22.7. The minimum absolute atomic E-state index is 0.186. The van der Waals surface area contributed by atoms with E-state index in [9.17, 15) is 5.11 Å². The van der Waals surface area contributed by atoms with E-state index in [4.69, 9.17) is 5.26 Å². The molecule has 1 saturated heterocycles. The first-order valence-electron chi connectivity index (χ1n) is 5.26. The highest BCUT2D eigenvalue weighted by molar-refractivity contribution is 5.07. The molecule has 3 heteroatoms. The van der Waals surface area contributed by atoms with Gasteiger partial charge in [0.05, 0.1) is 17.1 Å². The van der Waals surface area contributed by atoms with Gasteiger partial charge in [-0.15, -0.1) is 0 Å². The predicted molar refractivity (Wildman–Crippen MR) is 55.6 cm³/mol. The summed E-state index contributed by atoms with van der Waals surface area (Å²) >= 11 is 0. The van der Waals surface area contributed by atoms with Gasteiger partial charge in [0.2, 0.25) is 0 Å². The molecule has 3 nitrogen and oxygen atoms in total. The fraction of sp³-hybridized carbons (Fsp3) is 0.909. The quantitative estimate of drug-likeness (QED) is 0.699. The highest BCUT2D eigenvalue weighted by Gasteiger charge is 2.45. The third-order valence-corrected chi connectivity index (χ3v) is 3.64. The molecule has 0 spiro atoms. The maximum atomic E-state index is 10.4. The maximum Gasteiger partial charge on any atom is 0.0839 e. The van der Waals surface area contributed by atoms with Crippen LogP contribution in [0.4, 0.5) is 0 Å². The van der Waals surface area contributed by atoms with E-state index in [1.807, 2.05) is 13.8 Å². The number of rotatable bonds is 2. The summed E-state index contributed by atoms with van der Waals surface area (Å²) in [7, 11) is 0. The predicted octanol–water partition coefficient (Wildman–Crippen LogP) is 1.29. The van der Waals surface area contributed by atoms with Crippen LogP contribution in [0.15, 0.2) is 0 Å². The lowest BCUT2D eigenvalue weighted by molar-refractivity contribution is -0.0783. The lowest BCUT2D eigenvalue weighted by Crippen LogP contribution is -2.52. The van der Waals surface area contributed by atoms with E-state index < -0.39 is 11.0 Å². The average molecular weight is 196 g/mol. The van der Waals surface area contributed by atoms with Crippen molar-refractivity contribution in [3.63, 3.8) is 0 Å². The number of hydrogen-bond donors (Lipinski definition) is 2. The second-order valence-electron chi connectivity index (χ2n) is 4.93. The zero-order chi connectivity index (χ0) is 10.8. The Labute approximate surface area is 86.1 Å². The summed E-state index contributed by atoms with van der Waals surface area (Å²) in [6.07, 6.45) is 2.09. The van der Waals surface area contributed by atoms with Crippen LogP contribution in [-0.2, 0) is 0 Å².